The molecule has 64 heavy (non-hydrogen) atoms. The summed E-state index contributed by atoms with van der Waals surface area (Å²) in [6, 6.07) is 63.4. The van der Waals surface area contributed by atoms with Crippen LogP contribution in [0.25, 0.3) is 94.3 Å². The summed E-state index contributed by atoms with van der Waals surface area (Å²) >= 11 is 0. The Kier molecular flexibility index (Phi) is 11.6. The Morgan fingerprint density at radius 1 is 0.594 bits per heavy atom. The zero-order chi connectivity index (χ0) is 43.2. The molecule has 0 aliphatic carbocycles. The van der Waals surface area contributed by atoms with Crippen LogP contribution in [0.15, 0.2) is 180 Å². The maximum Gasteiger partial charge on any atom is 0.128 e. The van der Waals surface area contributed by atoms with Crippen molar-refractivity contribution in [1.82, 2.24) is 14.5 Å². The molecule has 315 valence electrons. The minimum Gasteiger partial charge on any atom is -0.500 e. The average molecular weight is 1030 g/mol. The zero-order valence-electron chi connectivity index (χ0n) is 36.2. The number of pyridine rings is 1. The van der Waals surface area contributed by atoms with Crippen molar-refractivity contribution in [1.29, 1.82) is 0 Å². The van der Waals surface area contributed by atoms with Crippen LogP contribution in [0.1, 0.15) is 11.1 Å². The first-order valence-corrected chi connectivity index (χ1v) is 24.7. The Labute approximate surface area is 387 Å². The van der Waals surface area contributed by atoms with E-state index in [0.717, 1.165) is 94.3 Å². The van der Waals surface area contributed by atoms with Gasteiger partial charge in [0.05, 0.1) is 30.5 Å². The van der Waals surface area contributed by atoms with E-state index < -0.39 is 8.07 Å². The summed E-state index contributed by atoms with van der Waals surface area (Å²) in [5.41, 5.74) is 14.2. The molecular formula is C57H44FIrN3OSi-2. The third kappa shape index (κ3) is 8.03. The van der Waals surface area contributed by atoms with Crippen LogP contribution >= 0.6 is 0 Å². The molecule has 0 unspecified atom stereocenters. The van der Waals surface area contributed by atoms with E-state index in [9.17, 15) is 4.39 Å². The number of fused-ring (bicyclic) bond motifs is 6. The summed E-state index contributed by atoms with van der Waals surface area (Å²) in [6.45, 7) is 11.3. The van der Waals surface area contributed by atoms with Gasteiger partial charge in [-0.1, -0.05) is 122 Å². The standard InChI is InChI=1S/C43H28FN2O.C14H16NSi.Ir/c1-26-23-32(28-9-4-3-5-10-28)24-27(2)40(26)46-39-14-7-6-13-38(39)45-43(46)37-12-8-11-35-36-22-18-31-25-30(29-15-19-33(44)20-16-29)17-21-34(31)41(36)47-42(35)37;1-16(2,3)13-9-10-14(15-11-13)12-7-5-4-6-8-12;/h3-11,13-25H,1-2H3;4-7,9-11H,1-3H3;/q2*-1;. The molecule has 0 saturated carbocycles. The van der Waals surface area contributed by atoms with Crippen molar-refractivity contribution in [3.8, 4) is 50.6 Å². The molecule has 0 fully saturated rings. The van der Waals surface area contributed by atoms with E-state index in [-0.39, 0.29) is 25.9 Å². The number of aryl methyl sites for hydroxylation is 2. The largest absolute Gasteiger partial charge is 0.500 e. The van der Waals surface area contributed by atoms with Crippen LogP contribution in [-0.2, 0) is 20.1 Å². The van der Waals surface area contributed by atoms with Gasteiger partial charge in [-0.15, -0.1) is 54.1 Å². The molecule has 8 aromatic carbocycles. The number of halogens is 1. The van der Waals surface area contributed by atoms with Gasteiger partial charge in [0, 0.05) is 42.8 Å². The Morgan fingerprint density at radius 2 is 1.28 bits per heavy atom. The molecule has 0 atom stereocenters. The number of para-hydroxylation sites is 2. The second kappa shape index (κ2) is 17.4. The number of aromatic nitrogens is 3. The monoisotopic (exact) mass is 1030 g/mol. The van der Waals surface area contributed by atoms with Gasteiger partial charge in [0.25, 0.3) is 0 Å². The molecule has 0 spiro atoms. The molecule has 3 aromatic heterocycles. The Bertz CT molecular complexity index is 3420. The number of furan rings is 1. The molecular weight excluding hydrogens is 982 g/mol. The van der Waals surface area contributed by atoms with Gasteiger partial charge in [0.2, 0.25) is 0 Å². The van der Waals surface area contributed by atoms with Crippen molar-refractivity contribution in [3.05, 3.63) is 205 Å². The minimum absolute atomic E-state index is 0. The zero-order valence-corrected chi connectivity index (χ0v) is 39.6. The molecule has 0 aliphatic rings. The number of rotatable bonds is 6. The number of hydrogen-bond donors (Lipinski definition) is 0. The molecule has 3 heterocycles. The molecule has 11 aromatic rings. The van der Waals surface area contributed by atoms with Crippen molar-refractivity contribution >= 4 is 57.0 Å². The second-order valence-corrected chi connectivity index (χ2v) is 22.2. The van der Waals surface area contributed by atoms with Gasteiger partial charge >= 0.3 is 0 Å². The third-order valence-electron chi connectivity index (χ3n) is 11.8. The SMILES string of the molecule is C[Si](C)(C)c1ccc(-c2[c-]cccc2)nc1.Cc1cc(-c2ccccc2)cc(C)c1-n1c(-c2[c-]ccc3c2oc2c4ccc(-c5ccc(F)cc5)cc4ccc32)nc2ccccc21.[Ir]. The van der Waals surface area contributed by atoms with Gasteiger partial charge in [-0.05, 0) is 106 Å². The van der Waals surface area contributed by atoms with Crippen molar-refractivity contribution in [2.24, 2.45) is 0 Å². The molecule has 0 aliphatic heterocycles. The summed E-state index contributed by atoms with van der Waals surface area (Å²) in [5.74, 6) is 0.548. The smallest absolute Gasteiger partial charge is 0.128 e. The molecule has 7 heteroatoms. The van der Waals surface area contributed by atoms with E-state index in [1.807, 2.05) is 60.8 Å². The Hall–Kier alpha value is -6.76. The van der Waals surface area contributed by atoms with Crippen molar-refractivity contribution < 1.29 is 28.9 Å². The van der Waals surface area contributed by atoms with Crippen LogP contribution in [0.5, 0.6) is 0 Å². The maximum absolute atomic E-state index is 13.6. The van der Waals surface area contributed by atoms with Crippen LogP contribution in [0.2, 0.25) is 19.6 Å². The molecule has 11 rings (SSSR count). The van der Waals surface area contributed by atoms with Crippen molar-refractivity contribution in [2.45, 2.75) is 33.5 Å². The molecule has 1 radical (unpaired) electrons. The normalized spacial score (nSPS) is 11.5. The van der Waals surface area contributed by atoms with E-state index >= 15 is 0 Å². The first-order valence-electron chi connectivity index (χ1n) is 21.2. The number of benzene rings is 8. The molecule has 0 amide bonds. The van der Waals surface area contributed by atoms with Gasteiger partial charge in [-0.2, -0.15) is 0 Å². The van der Waals surface area contributed by atoms with Gasteiger partial charge in [-0.25, -0.2) is 4.39 Å². The quantitative estimate of drug-likeness (QED) is 0.123. The predicted molar refractivity (Wildman–Crippen MR) is 262 cm³/mol. The Morgan fingerprint density at radius 3 is 2.00 bits per heavy atom. The van der Waals surface area contributed by atoms with Crippen LogP contribution < -0.4 is 5.19 Å². The molecule has 4 nitrogen and oxygen atoms in total. The fourth-order valence-electron chi connectivity index (χ4n) is 8.59. The van der Waals surface area contributed by atoms with E-state index in [1.165, 1.54) is 28.4 Å². The van der Waals surface area contributed by atoms with Crippen LogP contribution in [0.4, 0.5) is 4.39 Å². The number of imidazole rings is 1. The third-order valence-corrected chi connectivity index (χ3v) is 13.8. The first kappa shape index (κ1) is 42.5. The summed E-state index contributed by atoms with van der Waals surface area (Å²) in [5, 5.41) is 5.53. The first-order chi connectivity index (χ1) is 30.6. The van der Waals surface area contributed by atoms with Crippen LogP contribution in [0.3, 0.4) is 0 Å². The van der Waals surface area contributed by atoms with Gasteiger partial charge in [0.1, 0.15) is 11.4 Å². The summed E-state index contributed by atoms with van der Waals surface area (Å²) in [6.07, 6.45) is 2.02. The number of hydrogen-bond acceptors (Lipinski definition) is 3. The van der Waals surface area contributed by atoms with Crippen molar-refractivity contribution in [3.63, 3.8) is 0 Å². The molecule has 0 bridgehead atoms. The molecule has 0 saturated heterocycles. The van der Waals surface area contributed by atoms with Gasteiger partial charge in [-0.3, -0.25) is 4.98 Å². The van der Waals surface area contributed by atoms with Crippen LogP contribution in [-0.4, -0.2) is 22.6 Å². The van der Waals surface area contributed by atoms with Crippen molar-refractivity contribution in [2.75, 3.05) is 0 Å². The average Bonchev–Trinajstić information content (AvgIpc) is 3.89. The summed E-state index contributed by atoms with van der Waals surface area (Å²) < 4.78 is 22.6. The fourth-order valence-corrected chi connectivity index (χ4v) is 9.63. The predicted octanol–water partition coefficient (Wildman–Crippen LogP) is 14.7. The summed E-state index contributed by atoms with van der Waals surface area (Å²) in [7, 11) is -1.23. The van der Waals surface area contributed by atoms with E-state index in [2.05, 4.69) is 158 Å². The second-order valence-electron chi connectivity index (χ2n) is 17.1. The summed E-state index contributed by atoms with van der Waals surface area (Å²) in [4.78, 5) is 9.72. The van der Waals surface area contributed by atoms with E-state index in [4.69, 9.17) is 9.40 Å². The molecule has 0 N–H and O–H groups in total. The topological polar surface area (TPSA) is 43.9 Å². The number of nitrogens with zero attached hydrogens (tertiary/aromatic N) is 3. The van der Waals surface area contributed by atoms with Gasteiger partial charge in [0.15, 0.2) is 0 Å². The fraction of sp³-hybridized carbons (Fsp3) is 0.0877. The minimum atomic E-state index is -1.23. The van der Waals surface area contributed by atoms with Crippen LogP contribution in [0, 0.1) is 31.8 Å². The maximum atomic E-state index is 13.6. The Balaban J connectivity index is 0.000000258. The van der Waals surface area contributed by atoms with E-state index in [1.54, 1.807) is 0 Å². The van der Waals surface area contributed by atoms with Gasteiger partial charge < -0.3 is 14.0 Å². The van der Waals surface area contributed by atoms with E-state index in [0.29, 0.717) is 0 Å².